The van der Waals surface area contributed by atoms with Crippen molar-refractivity contribution < 1.29 is 14.3 Å². The van der Waals surface area contributed by atoms with E-state index in [-0.39, 0.29) is 0 Å². The van der Waals surface area contributed by atoms with E-state index in [9.17, 15) is 4.79 Å². The molecule has 3 rings (SSSR count). The summed E-state index contributed by atoms with van der Waals surface area (Å²) in [4.78, 5) is 16.2. The molecule has 0 unspecified atom stereocenters. The first-order valence-corrected chi connectivity index (χ1v) is 7.92. The molecule has 1 aromatic heterocycles. The van der Waals surface area contributed by atoms with Gasteiger partial charge in [-0.1, -0.05) is 12.1 Å². The summed E-state index contributed by atoms with van der Waals surface area (Å²) in [6.07, 6.45) is 3.03. The Morgan fingerprint density at radius 3 is 2.57 bits per heavy atom. The van der Waals surface area contributed by atoms with Crippen molar-refractivity contribution in [3.8, 4) is 11.5 Å². The Labute approximate surface area is 138 Å². The molecule has 0 aliphatic carbocycles. The van der Waals surface area contributed by atoms with Crippen LogP contribution in [-0.4, -0.2) is 18.1 Å². The molecule has 0 amide bonds. The van der Waals surface area contributed by atoms with Gasteiger partial charge in [0.15, 0.2) is 0 Å². The first-order valence-electron chi connectivity index (χ1n) is 7.04. The van der Waals surface area contributed by atoms with E-state index in [1.807, 2.05) is 42.6 Å². The molecule has 116 valence electrons. The Morgan fingerprint density at radius 2 is 1.87 bits per heavy atom. The number of benzene rings is 2. The molecule has 0 bridgehead atoms. The molecule has 5 heteroatoms. The van der Waals surface area contributed by atoms with Crippen LogP contribution in [0.1, 0.15) is 10.7 Å². The summed E-state index contributed by atoms with van der Waals surface area (Å²) in [5.41, 5.74) is 0.757. The molecule has 0 atom stereocenters. The second kappa shape index (κ2) is 6.62. The topological polar surface area (TPSA) is 48.4 Å². The highest BCUT2D eigenvalue weighted by Crippen LogP contribution is 2.25. The molecule has 0 radical (unpaired) electrons. The van der Waals surface area contributed by atoms with Crippen LogP contribution >= 0.6 is 11.3 Å². The predicted octanol–water partition coefficient (Wildman–Crippen LogP) is 4.23. The van der Waals surface area contributed by atoms with Gasteiger partial charge in [0.1, 0.15) is 11.5 Å². The van der Waals surface area contributed by atoms with Gasteiger partial charge in [-0.2, -0.15) is 0 Å². The van der Waals surface area contributed by atoms with Gasteiger partial charge in [0.2, 0.25) is 0 Å². The van der Waals surface area contributed by atoms with Crippen molar-refractivity contribution in [2.75, 3.05) is 7.11 Å². The quantitative estimate of drug-likeness (QED) is 0.409. The number of aryl methyl sites for hydroxylation is 1. The van der Waals surface area contributed by atoms with Gasteiger partial charge in [-0.3, -0.25) is 0 Å². The van der Waals surface area contributed by atoms with E-state index >= 15 is 0 Å². The standard InChI is InChI=1S/C18H15NO3S/c1-12-19-15(11-23-12)5-8-18(20)22-17-7-4-13-3-6-16(21-2)9-14(13)10-17/h3-11H,1-2H3/b8-5+. The van der Waals surface area contributed by atoms with Crippen LogP contribution in [0.4, 0.5) is 0 Å². The highest BCUT2D eigenvalue weighted by atomic mass is 32.1. The van der Waals surface area contributed by atoms with Crippen molar-refractivity contribution in [2.45, 2.75) is 6.92 Å². The molecule has 0 fully saturated rings. The average molecular weight is 325 g/mol. The van der Waals surface area contributed by atoms with Gasteiger partial charge in [0.05, 0.1) is 17.8 Å². The largest absolute Gasteiger partial charge is 0.497 e. The smallest absolute Gasteiger partial charge is 0.336 e. The molecule has 3 aromatic rings. The number of aromatic nitrogens is 1. The summed E-state index contributed by atoms with van der Waals surface area (Å²) in [6.45, 7) is 1.92. The Hall–Kier alpha value is -2.66. The minimum atomic E-state index is -0.433. The van der Waals surface area contributed by atoms with Crippen LogP contribution in [0.2, 0.25) is 0 Å². The highest BCUT2D eigenvalue weighted by molar-refractivity contribution is 7.09. The number of methoxy groups -OCH3 is 1. The maximum absolute atomic E-state index is 11.9. The van der Waals surface area contributed by atoms with Crippen molar-refractivity contribution in [3.05, 3.63) is 58.6 Å². The zero-order valence-electron chi connectivity index (χ0n) is 12.8. The zero-order valence-corrected chi connectivity index (χ0v) is 13.6. The molecular weight excluding hydrogens is 310 g/mol. The fraction of sp³-hybridized carbons (Fsp3) is 0.111. The summed E-state index contributed by atoms with van der Waals surface area (Å²) >= 11 is 1.54. The van der Waals surface area contributed by atoms with Gasteiger partial charge in [-0.25, -0.2) is 9.78 Å². The van der Waals surface area contributed by atoms with Crippen LogP contribution in [-0.2, 0) is 4.79 Å². The third kappa shape index (κ3) is 3.76. The zero-order chi connectivity index (χ0) is 16.2. The molecule has 0 spiro atoms. The Balaban J connectivity index is 1.75. The third-order valence-electron chi connectivity index (χ3n) is 3.26. The molecule has 0 aliphatic heterocycles. The average Bonchev–Trinajstić information content (AvgIpc) is 2.97. The summed E-state index contributed by atoms with van der Waals surface area (Å²) < 4.78 is 10.5. The molecule has 1 heterocycles. The highest BCUT2D eigenvalue weighted by Gasteiger charge is 2.04. The molecule has 4 nitrogen and oxygen atoms in total. The van der Waals surface area contributed by atoms with E-state index in [1.54, 1.807) is 19.3 Å². The second-order valence-electron chi connectivity index (χ2n) is 4.92. The fourth-order valence-electron chi connectivity index (χ4n) is 2.15. The molecule has 23 heavy (non-hydrogen) atoms. The molecule has 2 aromatic carbocycles. The Kier molecular flexibility index (Phi) is 4.39. The van der Waals surface area contributed by atoms with Crippen molar-refractivity contribution in [3.63, 3.8) is 0 Å². The monoisotopic (exact) mass is 325 g/mol. The van der Waals surface area contributed by atoms with Gasteiger partial charge in [-0.15, -0.1) is 11.3 Å². The van der Waals surface area contributed by atoms with E-state index in [0.717, 1.165) is 27.2 Å². The number of esters is 1. The Morgan fingerprint density at radius 1 is 1.13 bits per heavy atom. The van der Waals surface area contributed by atoms with Gasteiger partial charge in [-0.05, 0) is 48.0 Å². The summed E-state index contributed by atoms with van der Waals surface area (Å²) in [5.74, 6) is 0.826. The number of hydrogen-bond acceptors (Lipinski definition) is 5. The maximum atomic E-state index is 11.9. The van der Waals surface area contributed by atoms with Crippen LogP contribution in [0.5, 0.6) is 11.5 Å². The number of fused-ring (bicyclic) bond motifs is 1. The van der Waals surface area contributed by atoms with Crippen LogP contribution in [0, 0.1) is 6.92 Å². The number of carbonyl (C=O) groups is 1. The van der Waals surface area contributed by atoms with Gasteiger partial charge in [0.25, 0.3) is 0 Å². The minimum Gasteiger partial charge on any atom is -0.497 e. The van der Waals surface area contributed by atoms with Gasteiger partial charge < -0.3 is 9.47 Å². The molecule has 0 saturated heterocycles. The lowest BCUT2D eigenvalue weighted by atomic mass is 10.1. The first-order chi connectivity index (χ1) is 11.1. The third-order valence-corrected chi connectivity index (χ3v) is 4.06. The SMILES string of the molecule is COc1ccc2ccc(OC(=O)/C=C/c3csc(C)n3)cc2c1. The molecule has 0 saturated carbocycles. The molecule has 0 N–H and O–H groups in total. The van der Waals surface area contributed by atoms with E-state index < -0.39 is 5.97 Å². The number of rotatable bonds is 4. The van der Waals surface area contributed by atoms with Gasteiger partial charge >= 0.3 is 5.97 Å². The van der Waals surface area contributed by atoms with E-state index in [2.05, 4.69) is 4.98 Å². The van der Waals surface area contributed by atoms with Crippen molar-refractivity contribution >= 4 is 34.2 Å². The lowest BCUT2D eigenvalue weighted by Gasteiger charge is -2.05. The van der Waals surface area contributed by atoms with E-state index in [0.29, 0.717) is 5.75 Å². The minimum absolute atomic E-state index is 0.433. The van der Waals surface area contributed by atoms with E-state index in [4.69, 9.17) is 9.47 Å². The number of ether oxygens (including phenoxy) is 2. The first kappa shape index (κ1) is 15.2. The second-order valence-corrected chi connectivity index (χ2v) is 5.98. The lowest BCUT2D eigenvalue weighted by Crippen LogP contribution is -2.03. The van der Waals surface area contributed by atoms with Crippen LogP contribution < -0.4 is 9.47 Å². The summed E-state index contributed by atoms with van der Waals surface area (Å²) in [6, 6.07) is 11.3. The number of nitrogens with zero attached hydrogens (tertiary/aromatic N) is 1. The number of thiazole rings is 1. The van der Waals surface area contributed by atoms with Crippen LogP contribution in [0.3, 0.4) is 0 Å². The lowest BCUT2D eigenvalue weighted by molar-refractivity contribution is -0.128. The van der Waals surface area contributed by atoms with Crippen molar-refractivity contribution in [2.24, 2.45) is 0 Å². The van der Waals surface area contributed by atoms with Crippen LogP contribution in [0.25, 0.3) is 16.8 Å². The Bertz CT molecular complexity index is 883. The molecular formula is C18H15NO3S. The predicted molar refractivity (Wildman–Crippen MR) is 92.0 cm³/mol. The van der Waals surface area contributed by atoms with Crippen molar-refractivity contribution in [1.29, 1.82) is 0 Å². The molecule has 0 aliphatic rings. The normalized spacial score (nSPS) is 11.0. The summed E-state index contributed by atoms with van der Waals surface area (Å²) in [7, 11) is 1.62. The maximum Gasteiger partial charge on any atom is 0.336 e. The number of hydrogen-bond donors (Lipinski definition) is 0. The van der Waals surface area contributed by atoms with Crippen LogP contribution in [0.15, 0.2) is 47.9 Å². The van der Waals surface area contributed by atoms with E-state index in [1.165, 1.54) is 17.4 Å². The number of carbonyl (C=O) groups excluding carboxylic acids is 1. The van der Waals surface area contributed by atoms with Gasteiger partial charge in [0, 0.05) is 11.5 Å². The summed E-state index contributed by atoms with van der Waals surface area (Å²) in [5, 5.41) is 4.86. The fourth-order valence-corrected chi connectivity index (χ4v) is 2.73. The van der Waals surface area contributed by atoms with Crippen molar-refractivity contribution in [1.82, 2.24) is 4.98 Å².